The summed E-state index contributed by atoms with van der Waals surface area (Å²) in [6.07, 6.45) is 5.61. The standard InChI is InChI=1S/C8H14O2/c9-7-5-8(10-6-7)3-1-2-4-8/h7,9H,1-6H2/t7-/m1/s1. The van der Waals surface area contributed by atoms with E-state index in [0.717, 1.165) is 6.42 Å². The Balaban J connectivity index is 2.03. The first kappa shape index (κ1) is 6.62. The minimum Gasteiger partial charge on any atom is -0.391 e. The molecular formula is C8H14O2. The van der Waals surface area contributed by atoms with Gasteiger partial charge >= 0.3 is 0 Å². The third-order valence-electron chi connectivity index (χ3n) is 2.70. The number of hydrogen-bond donors (Lipinski definition) is 1. The highest BCUT2D eigenvalue weighted by Crippen LogP contribution is 2.40. The van der Waals surface area contributed by atoms with E-state index < -0.39 is 0 Å². The fourth-order valence-corrected chi connectivity index (χ4v) is 2.19. The maximum Gasteiger partial charge on any atom is 0.0801 e. The summed E-state index contributed by atoms with van der Waals surface area (Å²) < 4.78 is 5.56. The van der Waals surface area contributed by atoms with E-state index in [2.05, 4.69) is 0 Å². The van der Waals surface area contributed by atoms with Crippen molar-refractivity contribution in [2.45, 2.75) is 43.8 Å². The maximum atomic E-state index is 9.23. The Morgan fingerprint density at radius 2 is 2.00 bits per heavy atom. The van der Waals surface area contributed by atoms with Crippen molar-refractivity contribution in [1.82, 2.24) is 0 Å². The summed E-state index contributed by atoms with van der Waals surface area (Å²) in [6.45, 7) is 0.569. The lowest BCUT2D eigenvalue weighted by molar-refractivity contribution is 0.00694. The molecule has 0 aromatic heterocycles. The van der Waals surface area contributed by atoms with Crippen LogP contribution in [0, 0.1) is 0 Å². The predicted molar refractivity (Wildman–Crippen MR) is 37.8 cm³/mol. The predicted octanol–water partition coefficient (Wildman–Crippen LogP) is 1.08. The molecule has 1 heterocycles. The van der Waals surface area contributed by atoms with E-state index in [1.54, 1.807) is 0 Å². The van der Waals surface area contributed by atoms with Crippen molar-refractivity contribution in [3.8, 4) is 0 Å². The molecule has 1 aliphatic carbocycles. The van der Waals surface area contributed by atoms with Crippen molar-refractivity contribution < 1.29 is 9.84 Å². The van der Waals surface area contributed by atoms with Crippen LogP contribution in [-0.4, -0.2) is 23.4 Å². The Kier molecular flexibility index (Phi) is 1.46. The minimum atomic E-state index is -0.182. The fourth-order valence-electron chi connectivity index (χ4n) is 2.19. The van der Waals surface area contributed by atoms with E-state index in [1.165, 1.54) is 25.7 Å². The molecule has 2 fully saturated rings. The zero-order valence-electron chi connectivity index (χ0n) is 6.18. The van der Waals surface area contributed by atoms with Gasteiger partial charge in [-0.25, -0.2) is 0 Å². The van der Waals surface area contributed by atoms with Crippen molar-refractivity contribution in [2.75, 3.05) is 6.61 Å². The molecular weight excluding hydrogens is 128 g/mol. The SMILES string of the molecule is O[C@H]1COC2(CCCC2)C1. The highest BCUT2D eigenvalue weighted by Gasteiger charge is 2.41. The summed E-state index contributed by atoms with van der Waals surface area (Å²) in [5, 5.41) is 9.23. The molecule has 2 heteroatoms. The van der Waals surface area contributed by atoms with E-state index >= 15 is 0 Å². The van der Waals surface area contributed by atoms with Crippen LogP contribution in [0.1, 0.15) is 32.1 Å². The fraction of sp³-hybridized carbons (Fsp3) is 1.00. The quantitative estimate of drug-likeness (QED) is 0.548. The Morgan fingerprint density at radius 1 is 1.30 bits per heavy atom. The molecule has 0 aromatic carbocycles. The van der Waals surface area contributed by atoms with E-state index in [0.29, 0.717) is 6.61 Å². The molecule has 1 saturated carbocycles. The van der Waals surface area contributed by atoms with Gasteiger partial charge in [0.25, 0.3) is 0 Å². The van der Waals surface area contributed by atoms with Crippen LogP contribution in [0.4, 0.5) is 0 Å². The van der Waals surface area contributed by atoms with E-state index in [9.17, 15) is 5.11 Å². The monoisotopic (exact) mass is 142 g/mol. The van der Waals surface area contributed by atoms with Gasteiger partial charge in [-0.1, -0.05) is 12.8 Å². The third-order valence-corrected chi connectivity index (χ3v) is 2.70. The topological polar surface area (TPSA) is 29.5 Å². The Labute approximate surface area is 61.2 Å². The Bertz CT molecular complexity index is 127. The van der Waals surface area contributed by atoms with Crippen LogP contribution < -0.4 is 0 Å². The van der Waals surface area contributed by atoms with E-state index in [-0.39, 0.29) is 11.7 Å². The highest BCUT2D eigenvalue weighted by atomic mass is 16.5. The molecule has 1 N–H and O–H groups in total. The second-order valence-corrected chi connectivity index (χ2v) is 3.56. The second-order valence-electron chi connectivity index (χ2n) is 3.56. The minimum absolute atomic E-state index is 0.111. The van der Waals surface area contributed by atoms with Crippen LogP contribution in [0.3, 0.4) is 0 Å². The van der Waals surface area contributed by atoms with Gasteiger partial charge in [0.1, 0.15) is 0 Å². The molecule has 1 spiro atoms. The average Bonchev–Trinajstić information content (AvgIpc) is 2.46. The van der Waals surface area contributed by atoms with E-state index in [4.69, 9.17) is 4.74 Å². The van der Waals surface area contributed by atoms with E-state index in [1.807, 2.05) is 0 Å². The molecule has 2 aliphatic rings. The van der Waals surface area contributed by atoms with Gasteiger partial charge in [-0.05, 0) is 12.8 Å². The smallest absolute Gasteiger partial charge is 0.0801 e. The molecule has 0 unspecified atom stereocenters. The molecule has 2 rings (SSSR count). The van der Waals surface area contributed by atoms with Crippen molar-refractivity contribution in [1.29, 1.82) is 0 Å². The zero-order chi connectivity index (χ0) is 7.03. The summed E-state index contributed by atoms with van der Waals surface area (Å²) in [5.74, 6) is 0. The van der Waals surface area contributed by atoms with Gasteiger partial charge in [0.05, 0.1) is 18.3 Å². The van der Waals surface area contributed by atoms with Crippen molar-refractivity contribution in [3.63, 3.8) is 0 Å². The summed E-state index contributed by atoms with van der Waals surface area (Å²) in [4.78, 5) is 0. The lowest BCUT2D eigenvalue weighted by atomic mass is 9.98. The first-order valence-corrected chi connectivity index (χ1v) is 4.13. The summed E-state index contributed by atoms with van der Waals surface area (Å²) in [5.41, 5.74) is 0.111. The molecule has 1 atom stereocenters. The van der Waals surface area contributed by atoms with Crippen LogP contribution in [-0.2, 0) is 4.74 Å². The lowest BCUT2D eigenvalue weighted by Gasteiger charge is -2.20. The highest BCUT2D eigenvalue weighted by molar-refractivity contribution is 4.92. The van der Waals surface area contributed by atoms with Crippen LogP contribution in [0.2, 0.25) is 0 Å². The molecule has 2 nitrogen and oxygen atoms in total. The third kappa shape index (κ3) is 0.956. The molecule has 58 valence electrons. The second kappa shape index (κ2) is 2.21. The first-order chi connectivity index (χ1) is 4.81. The van der Waals surface area contributed by atoms with Gasteiger partial charge in [0.2, 0.25) is 0 Å². The van der Waals surface area contributed by atoms with Crippen LogP contribution in [0.25, 0.3) is 0 Å². The number of hydrogen-bond acceptors (Lipinski definition) is 2. The van der Waals surface area contributed by atoms with Crippen molar-refractivity contribution >= 4 is 0 Å². The normalized spacial score (nSPS) is 37.5. The molecule has 0 bridgehead atoms. The Morgan fingerprint density at radius 3 is 2.50 bits per heavy atom. The summed E-state index contributed by atoms with van der Waals surface area (Å²) in [7, 11) is 0. The molecule has 0 aromatic rings. The molecule has 0 amide bonds. The van der Waals surface area contributed by atoms with Gasteiger partial charge in [0.15, 0.2) is 0 Å². The van der Waals surface area contributed by atoms with Crippen molar-refractivity contribution in [2.24, 2.45) is 0 Å². The largest absolute Gasteiger partial charge is 0.391 e. The van der Waals surface area contributed by atoms with Gasteiger partial charge in [-0.2, -0.15) is 0 Å². The molecule has 0 radical (unpaired) electrons. The van der Waals surface area contributed by atoms with Crippen LogP contribution in [0.15, 0.2) is 0 Å². The maximum absolute atomic E-state index is 9.23. The average molecular weight is 142 g/mol. The first-order valence-electron chi connectivity index (χ1n) is 4.13. The van der Waals surface area contributed by atoms with Gasteiger partial charge in [0, 0.05) is 6.42 Å². The Hall–Kier alpha value is -0.0800. The molecule has 1 aliphatic heterocycles. The molecule has 1 saturated heterocycles. The van der Waals surface area contributed by atoms with Crippen LogP contribution >= 0.6 is 0 Å². The summed E-state index contributed by atoms with van der Waals surface area (Å²) in [6, 6.07) is 0. The number of aliphatic hydroxyl groups excluding tert-OH is 1. The van der Waals surface area contributed by atoms with Crippen molar-refractivity contribution in [3.05, 3.63) is 0 Å². The number of aliphatic hydroxyl groups is 1. The molecule has 10 heavy (non-hydrogen) atoms. The number of rotatable bonds is 0. The van der Waals surface area contributed by atoms with Gasteiger partial charge in [-0.3, -0.25) is 0 Å². The number of ether oxygens (including phenoxy) is 1. The van der Waals surface area contributed by atoms with Crippen LogP contribution in [0.5, 0.6) is 0 Å². The van der Waals surface area contributed by atoms with Gasteiger partial charge in [-0.15, -0.1) is 0 Å². The lowest BCUT2D eigenvalue weighted by Crippen LogP contribution is -2.23. The van der Waals surface area contributed by atoms with Gasteiger partial charge < -0.3 is 9.84 Å². The summed E-state index contributed by atoms with van der Waals surface area (Å²) >= 11 is 0. The zero-order valence-corrected chi connectivity index (χ0v) is 6.18.